The largest absolute Gasteiger partial charge is 0.480 e. The smallest absolute Gasteiger partial charge is 0.323 e. The van der Waals surface area contributed by atoms with Crippen molar-refractivity contribution in [1.82, 2.24) is 10.6 Å². The van der Waals surface area contributed by atoms with Crippen molar-refractivity contribution >= 4 is 11.9 Å². The molecule has 0 aromatic heterocycles. The highest BCUT2D eigenvalue weighted by Crippen LogP contribution is 2.16. The van der Waals surface area contributed by atoms with Crippen molar-refractivity contribution in [2.45, 2.75) is 71.5 Å². The van der Waals surface area contributed by atoms with Crippen LogP contribution in [0.25, 0.3) is 0 Å². The molecule has 0 aliphatic heterocycles. The Balaban J connectivity index is 4.65. The third-order valence-electron chi connectivity index (χ3n) is 3.50. The van der Waals surface area contributed by atoms with Gasteiger partial charge in [-0.25, -0.2) is 0 Å². The lowest BCUT2D eigenvalue weighted by atomic mass is 9.92. The van der Waals surface area contributed by atoms with E-state index in [0.29, 0.717) is 12.8 Å². The molecular weight excluding hydrogens is 232 g/mol. The monoisotopic (exact) mass is 258 g/mol. The van der Waals surface area contributed by atoms with Crippen molar-refractivity contribution in [2.24, 2.45) is 0 Å². The third kappa shape index (κ3) is 4.29. The van der Waals surface area contributed by atoms with Gasteiger partial charge in [-0.2, -0.15) is 0 Å². The van der Waals surface area contributed by atoms with Crippen LogP contribution in [0.5, 0.6) is 0 Å². The number of hydrogen-bond acceptors (Lipinski definition) is 3. The Kier molecular flexibility index (Phi) is 6.91. The van der Waals surface area contributed by atoms with Crippen LogP contribution in [-0.4, -0.2) is 34.6 Å². The van der Waals surface area contributed by atoms with Crippen LogP contribution in [0, 0.1) is 0 Å². The number of amides is 1. The van der Waals surface area contributed by atoms with Crippen molar-refractivity contribution in [2.75, 3.05) is 0 Å². The van der Waals surface area contributed by atoms with Gasteiger partial charge >= 0.3 is 5.97 Å². The molecule has 0 radical (unpaired) electrons. The molecule has 0 aromatic carbocycles. The molecule has 0 saturated heterocycles. The van der Waals surface area contributed by atoms with E-state index < -0.39 is 17.6 Å². The van der Waals surface area contributed by atoms with Gasteiger partial charge in [-0.05, 0) is 33.1 Å². The van der Waals surface area contributed by atoms with Gasteiger partial charge in [-0.1, -0.05) is 20.8 Å². The molecule has 106 valence electrons. The summed E-state index contributed by atoms with van der Waals surface area (Å²) in [4.78, 5) is 23.2. The summed E-state index contributed by atoms with van der Waals surface area (Å²) < 4.78 is 0. The number of carbonyl (C=O) groups is 2. The van der Waals surface area contributed by atoms with E-state index in [1.807, 2.05) is 27.7 Å². The molecule has 0 aliphatic rings. The number of hydrogen-bond donors (Lipinski definition) is 3. The van der Waals surface area contributed by atoms with Gasteiger partial charge in [0.1, 0.15) is 5.54 Å². The van der Waals surface area contributed by atoms with Gasteiger partial charge in [-0.15, -0.1) is 0 Å². The van der Waals surface area contributed by atoms with Crippen LogP contribution in [0.4, 0.5) is 0 Å². The van der Waals surface area contributed by atoms with Crippen molar-refractivity contribution < 1.29 is 14.7 Å². The molecule has 0 aromatic rings. The zero-order chi connectivity index (χ0) is 14.3. The normalized spacial score (nSPS) is 14.9. The maximum atomic E-state index is 11.9. The third-order valence-corrected chi connectivity index (χ3v) is 3.50. The highest BCUT2D eigenvalue weighted by Gasteiger charge is 2.37. The first-order valence-electron chi connectivity index (χ1n) is 6.64. The second-order valence-electron chi connectivity index (χ2n) is 4.78. The van der Waals surface area contributed by atoms with Crippen molar-refractivity contribution in [3.05, 3.63) is 0 Å². The van der Waals surface area contributed by atoms with E-state index in [4.69, 9.17) is 0 Å². The molecule has 2 unspecified atom stereocenters. The fourth-order valence-corrected chi connectivity index (χ4v) is 1.77. The molecule has 0 rings (SSSR count). The summed E-state index contributed by atoms with van der Waals surface area (Å²) in [5, 5.41) is 15.1. The van der Waals surface area contributed by atoms with Crippen molar-refractivity contribution in [3.8, 4) is 0 Å². The second kappa shape index (κ2) is 7.36. The summed E-state index contributed by atoms with van der Waals surface area (Å²) in [6, 6.07) is -0.417. The molecular formula is C13H26N2O3. The summed E-state index contributed by atoms with van der Waals surface area (Å²) in [5.74, 6) is -1.06. The molecule has 1 amide bonds. The van der Waals surface area contributed by atoms with E-state index in [-0.39, 0.29) is 11.9 Å². The number of rotatable bonds is 8. The lowest BCUT2D eigenvalue weighted by Gasteiger charge is -2.31. The maximum absolute atomic E-state index is 11.9. The first kappa shape index (κ1) is 16.9. The highest BCUT2D eigenvalue weighted by molar-refractivity contribution is 5.84. The topological polar surface area (TPSA) is 78.4 Å². The lowest BCUT2D eigenvalue weighted by Crippen LogP contribution is -2.58. The highest BCUT2D eigenvalue weighted by atomic mass is 16.4. The van der Waals surface area contributed by atoms with Crippen LogP contribution in [-0.2, 0) is 9.59 Å². The fraction of sp³-hybridized carbons (Fsp3) is 0.846. The Hall–Kier alpha value is -1.10. The Morgan fingerprint density at radius 2 is 1.67 bits per heavy atom. The van der Waals surface area contributed by atoms with Crippen LogP contribution < -0.4 is 10.6 Å². The van der Waals surface area contributed by atoms with E-state index in [2.05, 4.69) is 10.6 Å². The Bertz CT molecular complexity index is 288. The second-order valence-corrected chi connectivity index (χ2v) is 4.78. The average molecular weight is 258 g/mol. The molecule has 3 N–H and O–H groups in total. The number of aliphatic carboxylic acids is 1. The summed E-state index contributed by atoms with van der Waals surface area (Å²) in [6.45, 7) is 9.23. The number of carbonyl (C=O) groups excluding carboxylic acids is 1. The van der Waals surface area contributed by atoms with Crippen molar-refractivity contribution in [3.63, 3.8) is 0 Å². The first-order valence-corrected chi connectivity index (χ1v) is 6.64. The molecule has 5 heteroatoms. The summed E-state index contributed by atoms with van der Waals surface area (Å²) in [6.07, 6.45) is 1.74. The fourth-order valence-electron chi connectivity index (χ4n) is 1.77. The van der Waals surface area contributed by atoms with E-state index in [0.717, 1.165) is 6.42 Å². The molecule has 0 bridgehead atoms. The van der Waals surface area contributed by atoms with Crippen LogP contribution in [0.1, 0.15) is 53.9 Å². The maximum Gasteiger partial charge on any atom is 0.323 e. The van der Waals surface area contributed by atoms with Gasteiger partial charge in [-0.3, -0.25) is 14.9 Å². The van der Waals surface area contributed by atoms with Gasteiger partial charge in [0.25, 0.3) is 0 Å². The number of carboxylic acid groups (broad SMARTS) is 1. The van der Waals surface area contributed by atoms with E-state index in [1.54, 1.807) is 6.92 Å². The Labute approximate surface area is 109 Å². The van der Waals surface area contributed by atoms with Gasteiger partial charge in [0, 0.05) is 6.04 Å². The SMILES string of the molecule is CCC(C)NC(=O)C(C)NC(CC)(CC)C(=O)O. The van der Waals surface area contributed by atoms with Crippen molar-refractivity contribution in [1.29, 1.82) is 0 Å². The zero-order valence-electron chi connectivity index (χ0n) is 12.0. The number of nitrogens with one attached hydrogen (secondary N) is 2. The molecule has 0 saturated carbocycles. The molecule has 0 fully saturated rings. The quantitative estimate of drug-likeness (QED) is 0.617. The van der Waals surface area contributed by atoms with E-state index in [1.165, 1.54) is 0 Å². The van der Waals surface area contributed by atoms with Crippen LogP contribution in [0.2, 0.25) is 0 Å². The Morgan fingerprint density at radius 3 is 2.00 bits per heavy atom. The van der Waals surface area contributed by atoms with Gasteiger partial charge in [0.2, 0.25) is 5.91 Å². The average Bonchev–Trinajstić information content (AvgIpc) is 2.34. The standard InChI is InChI=1S/C13H26N2O3/c1-6-9(4)14-11(16)10(5)15-13(7-2,8-3)12(17)18/h9-10,15H,6-8H2,1-5H3,(H,14,16)(H,17,18). The van der Waals surface area contributed by atoms with E-state index >= 15 is 0 Å². The molecule has 18 heavy (non-hydrogen) atoms. The Morgan fingerprint density at radius 1 is 1.17 bits per heavy atom. The summed E-state index contributed by atoms with van der Waals surface area (Å²) >= 11 is 0. The summed E-state index contributed by atoms with van der Waals surface area (Å²) in [7, 11) is 0. The molecule has 2 atom stereocenters. The zero-order valence-corrected chi connectivity index (χ0v) is 12.0. The minimum atomic E-state index is -1.02. The predicted octanol–water partition coefficient (Wildman–Crippen LogP) is 1.52. The van der Waals surface area contributed by atoms with Crippen LogP contribution in [0.15, 0.2) is 0 Å². The lowest BCUT2D eigenvalue weighted by molar-refractivity contribution is -0.146. The molecule has 0 spiro atoms. The van der Waals surface area contributed by atoms with Gasteiger partial charge < -0.3 is 10.4 Å². The summed E-state index contributed by atoms with van der Waals surface area (Å²) in [5.41, 5.74) is -1.02. The van der Waals surface area contributed by atoms with E-state index in [9.17, 15) is 14.7 Å². The predicted molar refractivity (Wildman–Crippen MR) is 71.4 cm³/mol. The number of carboxylic acids is 1. The first-order chi connectivity index (χ1) is 8.32. The molecule has 0 heterocycles. The molecule has 0 aliphatic carbocycles. The molecule has 5 nitrogen and oxygen atoms in total. The van der Waals surface area contributed by atoms with Crippen LogP contribution >= 0.6 is 0 Å². The minimum Gasteiger partial charge on any atom is -0.480 e. The van der Waals surface area contributed by atoms with Gasteiger partial charge in [0.05, 0.1) is 6.04 Å². The van der Waals surface area contributed by atoms with Gasteiger partial charge in [0.15, 0.2) is 0 Å². The minimum absolute atomic E-state index is 0.101. The van der Waals surface area contributed by atoms with Crippen LogP contribution in [0.3, 0.4) is 0 Å².